The van der Waals surface area contributed by atoms with Crippen LogP contribution in [-0.2, 0) is 16.0 Å². The zero-order valence-electron chi connectivity index (χ0n) is 17.0. The Morgan fingerprint density at radius 1 is 1.07 bits per heavy atom. The van der Waals surface area contributed by atoms with Crippen molar-refractivity contribution in [1.29, 1.82) is 0 Å². The molecule has 1 aliphatic carbocycles. The molecule has 2 bridgehead atoms. The van der Waals surface area contributed by atoms with E-state index in [9.17, 15) is 22.8 Å². The molecular formula is C22H28F3N3O2. The zero-order chi connectivity index (χ0) is 21.6. The van der Waals surface area contributed by atoms with Gasteiger partial charge in [0.1, 0.15) is 11.9 Å². The van der Waals surface area contributed by atoms with Gasteiger partial charge in [0.15, 0.2) is 11.6 Å². The summed E-state index contributed by atoms with van der Waals surface area (Å²) in [7, 11) is 0. The summed E-state index contributed by atoms with van der Waals surface area (Å²) in [5.74, 6) is -3.07. The fourth-order valence-corrected chi connectivity index (χ4v) is 5.03. The van der Waals surface area contributed by atoms with Crippen LogP contribution in [-0.4, -0.2) is 40.9 Å². The molecule has 1 unspecified atom stereocenters. The Bertz CT molecular complexity index is 831. The number of nitrogens with one attached hydrogen (secondary N) is 1. The molecule has 2 heterocycles. The molecular weight excluding hydrogens is 395 g/mol. The number of hydrogen-bond acceptors (Lipinski definition) is 3. The van der Waals surface area contributed by atoms with E-state index in [2.05, 4.69) is 5.32 Å². The number of halogens is 3. The minimum atomic E-state index is -1.21. The van der Waals surface area contributed by atoms with Crippen LogP contribution in [0.4, 0.5) is 13.2 Å². The molecule has 5 atom stereocenters. The monoisotopic (exact) mass is 423 g/mol. The Balaban J connectivity index is 1.38. The first kappa shape index (κ1) is 21.2. The third-order valence-corrected chi connectivity index (χ3v) is 6.85. The SMILES string of the molecule is CC(NC(=O)C1CC1)C(=O)N1[C@@H]2CC[C@H]1C[C@H]([C@H](N)Cc1cc(F)c(F)cc1F)C2. The molecule has 2 saturated heterocycles. The molecule has 0 radical (unpaired) electrons. The van der Waals surface area contributed by atoms with Crippen LogP contribution in [0.2, 0.25) is 0 Å². The normalized spacial score (nSPS) is 27.6. The average Bonchev–Trinajstić information content (AvgIpc) is 3.51. The number of piperidine rings is 1. The summed E-state index contributed by atoms with van der Waals surface area (Å²) in [6.07, 6.45) is 5.04. The summed E-state index contributed by atoms with van der Waals surface area (Å²) >= 11 is 0. The molecule has 5 nitrogen and oxygen atoms in total. The summed E-state index contributed by atoms with van der Waals surface area (Å²) in [4.78, 5) is 26.9. The lowest BCUT2D eigenvalue weighted by Crippen LogP contribution is -2.55. The fourth-order valence-electron chi connectivity index (χ4n) is 5.03. The van der Waals surface area contributed by atoms with Crippen LogP contribution in [0.25, 0.3) is 0 Å². The summed E-state index contributed by atoms with van der Waals surface area (Å²) in [6.45, 7) is 1.73. The zero-order valence-corrected chi connectivity index (χ0v) is 17.0. The van der Waals surface area contributed by atoms with E-state index >= 15 is 0 Å². The quantitative estimate of drug-likeness (QED) is 0.691. The Labute approximate surface area is 174 Å². The first-order valence-electron chi connectivity index (χ1n) is 10.8. The van der Waals surface area contributed by atoms with Gasteiger partial charge in [-0.1, -0.05) is 0 Å². The number of fused-ring (bicyclic) bond motifs is 2. The highest BCUT2D eigenvalue weighted by Gasteiger charge is 2.46. The largest absolute Gasteiger partial charge is 0.344 e. The summed E-state index contributed by atoms with van der Waals surface area (Å²) in [6, 6.07) is 0.561. The number of benzene rings is 1. The standard InChI is InChI=1S/C22H28F3N3O2/c1-11(27-21(29)12-2-3-12)22(30)28-15-4-5-16(28)7-14(6-15)20(26)9-13-8-18(24)19(25)10-17(13)23/h8,10-12,14-16,20H,2-7,9,26H2,1H3,(H,27,29)/t11?,14-,15-,16+,20-/m1/s1. The van der Waals surface area contributed by atoms with E-state index in [4.69, 9.17) is 5.73 Å². The molecule has 1 saturated carbocycles. The van der Waals surface area contributed by atoms with Crippen LogP contribution < -0.4 is 11.1 Å². The van der Waals surface area contributed by atoms with Crippen LogP contribution in [0.15, 0.2) is 12.1 Å². The summed E-state index contributed by atoms with van der Waals surface area (Å²) in [5.41, 5.74) is 6.41. The second-order valence-corrected chi connectivity index (χ2v) is 9.09. The van der Waals surface area contributed by atoms with Crippen molar-refractivity contribution in [3.05, 3.63) is 35.1 Å². The van der Waals surface area contributed by atoms with Crippen molar-refractivity contribution in [2.24, 2.45) is 17.6 Å². The predicted molar refractivity (Wildman–Crippen MR) is 105 cm³/mol. The van der Waals surface area contributed by atoms with Gasteiger partial charge in [0.05, 0.1) is 0 Å². The van der Waals surface area contributed by atoms with Crippen LogP contribution >= 0.6 is 0 Å². The van der Waals surface area contributed by atoms with Crippen molar-refractivity contribution >= 4 is 11.8 Å². The van der Waals surface area contributed by atoms with Crippen molar-refractivity contribution in [3.63, 3.8) is 0 Å². The molecule has 30 heavy (non-hydrogen) atoms. The van der Waals surface area contributed by atoms with Gasteiger partial charge in [-0.15, -0.1) is 0 Å². The molecule has 2 aliphatic heterocycles. The third kappa shape index (κ3) is 4.19. The van der Waals surface area contributed by atoms with E-state index in [0.717, 1.165) is 31.7 Å². The van der Waals surface area contributed by atoms with Gasteiger partial charge in [-0.05, 0) is 69.4 Å². The van der Waals surface area contributed by atoms with Gasteiger partial charge in [-0.2, -0.15) is 0 Å². The van der Waals surface area contributed by atoms with E-state index in [1.165, 1.54) is 0 Å². The van der Waals surface area contributed by atoms with Gasteiger partial charge in [-0.3, -0.25) is 9.59 Å². The van der Waals surface area contributed by atoms with Crippen molar-refractivity contribution in [3.8, 4) is 0 Å². The minimum absolute atomic E-state index is 0.0439. The highest BCUT2D eigenvalue weighted by atomic mass is 19.2. The summed E-state index contributed by atoms with van der Waals surface area (Å²) in [5, 5.41) is 2.83. The second-order valence-electron chi connectivity index (χ2n) is 9.09. The lowest BCUT2D eigenvalue weighted by atomic mass is 9.82. The lowest BCUT2D eigenvalue weighted by Gasteiger charge is -2.42. The molecule has 164 valence electrons. The van der Waals surface area contributed by atoms with Crippen molar-refractivity contribution < 1.29 is 22.8 Å². The smallest absolute Gasteiger partial charge is 0.245 e. The predicted octanol–water partition coefficient (Wildman–Crippen LogP) is 2.66. The number of carbonyl (C=O) groups excluding carboxylic acids is 2. The Morgan fingerprint density at radius 3 is 2.27 bits per heavy atom. The minimum Gasteiger partial charge on any atom is -0.344 e. The highest BCUT2D eigenvalue weighted by molar-refractivity contribution is 5.89. The van der Waals surface area contributed by atoms with Gasteiger partial charge in [0.25, 0.3) is 0 Å². The van der Waals surface area contributed by atoms with Gasteiger partial charge in [0, 0.05) is 30.1 Å². The maximum atomic E-state index is 14.0. The first-order chi connectivity index (χ1) is 14.2. The van der Waals surface area contributed by atoms with E-state index in [0.29, 0.717) is 18.9 Å². The maximum Gasteiger partial charge on any atom is 0.245 e. The van der Waals surface area contributed by atoms with Gasteiger partial charge < -0.3 is 16.0 Å². The molecule has 3 aliphatic rings. The van der Waals surface area contributed by atoms with Crippen molar-refractivity contribution in [1.82, 2.24) is 10.2 Å². The topological polar surface area (TPSA) is 75.4 Å². The van der Waals surface area contributed by atoms with Crippen LogP contribution in [0, 0.1) is 29.3 Å². The molecule has 0 spiro atoms. The molecule has 1 aromatic carbocycles. The highest BCUT2D eigenvalue weighted by Crippen LogP contribution is 2.40. The molecule has 2 amide bonds. The number of hydrogen-bond donors (Lipinski definition) is 2. The number of rotatable bonds is 6. The second kappa shape index (κ2) is 8.21. The maximum absolute atomic E-state index is 14.0. The average molecular weight is 423 g/mol. The van der Waals surface area contributed by atoms with E-state index in [-0.39, 0.29) is 47.7 Å². The van der Waals surface area contributed by atoms with E-state index in [1.807, 2.05) is 4.90 Å². The van der Waals surface area contributed by atoms with Gasteiger partial charge in [0.2, 0.25) is 11.8 Å². The Kier molecular flexibility index (Phi) is 5.79. The van der Waals surface area contributed by atoms with E-state index < -0.39 is 29.5 Å². The molecule has 1 aromatic rings. The van der Waals surface area contributed by atoms with Crippen LogP contribution in [0.5, 0.6) is 0 Å². The first-order valence-corrected chi connectivity index (χ1v) is 10.8. The number of nitrogens with two attached hydrogens (primary N) is 1. The number of nitrogens with zero attached hydrogens (tertiary/aromatic N) is 1. The van der Waals surface area contributed by atoms with E-state index in [1.54, 1.807) is 6.92 Å². The number of carbonyl (C=O) groups is 2. The van der Waals surface area contributed by atoms with Crippen molar-refractivity contribution in [2.45, 2.75) is 76.0 Å². The number of amides is 2. The molecule has 4 rings (SSSR count). The Hall–Kier alpha value is -2.09. The molecule has 3 N–H and O–H groups in total. The fraction of sp³-hybridized carbons (Fsp3) is 0.636. The molecule has 3 fully saturated rings. The Morgan fingerprint density at radius 2 is 1.67 bits per heavy atom. The van der Waals surface area contributed by atoms with Crippen molar-refractivity contribution in [2.75, 3.05) is 0 Å². The van der Waals surface area contributed by atoms with Gasteiger partial charge >= 0.3 is 0 Å². The third-order valence-electron chi connectivity index (χ3n) is 6.85. The van der Waals surface area contributed by atoms with Crippen LogP contribution in [0.1, 0.15) is 51.0 Å². The molecule has 8 heteroatoms. The lowest BCUT2D eigenvalue weighted by molar-refractivity contribution is -0.140. The van der Waals surface area contributed by atoms with Crippen LogP contribution in [0.3, 0.4) is 0 Å². The van der Waals surface area contributed by atoms with Gasteiger partial charge in [-0.25, -0.2) is 13.2 Å². The summed E-state index contributed by atoms with van der Waals surface area (Å²) < 4.78 is 40.6. The molecule has 0 aromatic heterocycles.